The molecule has 0 N–H and O–H groups in total. The van der Waals surface area contributed by atoms with Crippen LogP contribution < -0.4 is 0 Å². The quantitative estimate of drug-likeness (QED) is 0.176. The van der Waals surface area contributed by atoms with Crippen LogP contribution in [0.5, 0.6) is 0 Å². The average molecular weight is 803 g/mol. The van der Waals surface area contributed by atoms with E-state index in [-0.39, 0.29) is 7.43 Å². The molecule has 0 atom stereocenters. The van der Waals surface area contributed by atoms with Crippen molar-refractivity contribution in [3.8, 4) is 0 Å². The lowest BCUT2D eigenvalue weighted by Gasteiger charge is -2.34. The first kappa shape index (κ1) is 54.8. The second-order valence-electron chi connectivity index (χ2n) is 22.8. The Balaban J connectivity index is 0.000000618. The molecular weight excluding hydrogens is 695 g/mol. The number of rotatable bonds is 0. The summed E-state index contributed by atoms with van der Waals surface area (Å²) in [5.74, 6) is 2.66. The summed E-state index contributed by atoms with van der Waals surface area (Å²) in [6, 6.07) is 0. The molecule has 55 heavy (non-hydrogen) atoms. The Labute approximate surface area is 353 Å². The minimum absolute atomic E-state index is 0. The van der Waals surface area contributed by atoms with Gasteiger partial charge in [0.2, 0.25) is 0 Å². The van der Waals surface area contributed by atoms with E-state index in [1.165, 1.54) is 230 Å². The maximum absolute atomic E-state index is 3.97. The highest BCUT2D eigenvalue weighted by Crippen LogP contribution is 2.18. The molecule has 8 heteroatoms. The number of hydrogen-bond donors (Lipinski definition) is 0. The molecular formula is C47H108N7S+7. The van der Waals surface area contributed by atoms with Gasteiger partial charge in [-0.3, -0.25) is 0 Å². The lowest BCUT2D eigenvalue weighted by Crippen LogP contribution is -2.44. The molecule has 330 valence electrons. The number of nitrogens with zero attached hydrogens (tertiary/aromatic N) is 7. The molecule has 0 aliphatic carbocycles. The first-order valence-corrected chi connectivity index (χ1v) is 24.0. The second kappa shape index (κ2) is 26.1. The lowest BCUT2D eigenvalue weighted by atomic mass is 10.1. The third-order valence-corrected chi connectivity index (χ3v) is 14.4. The molecule has 7 aliphatic heterocycles. The van der Waals surface area contributed by atoms with Crippen LogP contribution in [0.3, 0.4) is 0 Å². The van der Waals surface area contributed by atoms with E-state index in [1.807, 2.05) is 0 Å². The minimum atomic E-state index is 0. The van der Waals surface area contributed by atoms with Crippen LogP contribution >= 0.6 is 11.8 Å². The predicted octanol–water partition coefficient (Wildman–Crippen LogP) is 8.27. The summed E-state index contributed by atoms with van der Waals surface area (Å²) < 4.78 is 8.64. The Bertz CT molecular complexity index is 841. The van der Waals surface area contributed by atoms with Gasteiger partial charge in [-0.05, 0) is 57.8 Å². The van der Waals surface area contributed by atoms with E-state index in [0.717, 1.165) is 0 Å². The van der Waals surface area contributed by atoms with Gasteiger partial charge in [-0.2, -0.15) is 0 Å². The highest BCUT2D eigenvalue weighted by molar-refractivity contribution is 7.99. The molecule has 7 fully saturated rings. The average Bonchev–Trinajstić information content (AvgIpc) is 3.80. The fourth-order valence-corrected chi connectivity index (χ4v) is 9.71. The molecule has 0 saturated carbocycles. The van der Waals surface area contributed by atoms with Crippen molar-refractivity contribution in [3.05, 3.63) is 12.2 Å². The highest BCUT2D eigenvalue weighted by Gasteiger charge is 2.23. The van der Waals surface area contributed by atoms with Crippen LogP contribution in [0.4, 0.5) is 0 Å². The van der Waals surface area contributed by atoms with Gasteiger partial charge in [-0.25, -0.2) is 0 Å². The molecule has 0 spiro atoms. The zero-order chi connectivity index (χ0) is 41.0. The Hall–Kier alpha value is -0.190. The molecule has 0 amide bonds. The maximum Gasteiger partial charge on any atom is 0.125 e. The van der Waals surface area contributed by atoms with Crippen molar-refractivity contribution in [2.24, 2.45) is 0 Å². The zero-order valence-corrected chi connectivity index (χ0v) is 40.8. The summed E-state index contributed by atoms with van der Waals surface area (Å²) in [7, 11) is 32.2. The number of piperidine rings is 4. The van der Waals surface area contributed by atoms with E-state index in [1.54, 1.807) is 0 Å². The molecule has 7 aliphatic rings. The summed E-state index contributed by atoms with van der Waals surface area (Å²) in [6.07, 6.45) is 21.2. The minimum Gasteiger partial charge on any atom is -0.328 e. The van der Waals surface area contributed by atoms with Crippen LogP contribution in [0.1, 0.15) is 104 Å². The lowest BCUT2D eigenvalue weighted by molar-refractivity contribution is -0.894. The standard InChI is InChI=1S/C8H16N.3C7H16N.2C6H14N.C5H12NS.CH4/c1-8-4-6-9(2,3)7-5-8;3*1-8(2)6-4-3-5-7-8;2*1-7(2)5-3-4-6-7;1-6(2)3-4-7-5-6;/h1,4-7H2,2-3H3;3*3-7H2,1-2H3;2*3-6H2,1-2H3;3-5H2,1-2H3;1H4/q7*+1;. The first-order valence-electron chi connectivity index (χ1n) is 22.8. The van der Waals surface area contributed by atoms with Gasteiger partial charge in [0.1, 0.15) is 5.88 Å². The van der Waals surface area contributed by atoms with E-state index in [9.17, 15) is 0 Å². The van der Waals surface area contributed by atoms with Crippen molar-refractivity contribution in [2.75, 3.05) is 195 Å². The maximum atomic E-state index is 3.97. The Morgan fingerprint density at radius 2 is 0.527 bits per heavy atom. The molecule has 7 heterocycles. The van der Waals surface area contributed by atoms with E-state index in [0.29, 0.717) is 0 Å². The largest absolute Gasteiger partial charge is 0.328 e. The Morgan fingerprint density at radius 3 is 0.655 bits per heavy atom. The van der Waals surface area contributed by atoms with Crippen LogP contribution in [-0.4, -0.2) is 227 Å². The van der Waals surface area contributed by atoms with Gasteiger partial charge in [0.25, 0.3) is 0 Å². The monoisotopic (exact) mass is 803 g/mol. The highest BCUT2D eigenvalue weighted by atomic mass is 32.2. The number of likely N-dealkylation sites (tertiary alicyclic amines) is 6. The predicted molar refractivity (Wildman–Crippen MR) is 250 cm³/mol. The van der Waals surface area contributed by atoms with Crippen LogP contribution in [0.15, 0.2) is 12.2 Å². The van der Waals surface area contributed by atoms with Gasteiger partial charge < -0.3 is 31.4 Å². The van der Waals surface area contributed by atoms with Crippen molar-refractivity contribution in [3.63, 3.8) is 0 Å². The van der Waals surface area contributed by atoms with Crippen molar-refractivity contribution >= 4 is 11.8 Å². The van der Waals surface area contributed by atoms with Gasteiger partial charge in [0.15, 0.2) is 0 Å². The molecule has 0 unspecified atom stereocenters. The van der Waals surface area contributed by atoms with E-state index in [2.05, 4.69) is 117 Å². The number of hydrogen-bond acceptors (Lipinski definition) is 1. The number of quaternary nitrogens is 7. The third kappa shape index (κ3) is 30.5. The van der Waals surface area contributed by atoms with Crippen LogP contribution in [0.25, 0.3) is 0 Å². The molecule has 0 aromatic heterocycles. The number of thioether (sulfide) groups is 1. The van der Waals surface area contributed by atoms with Gasteiger partial charge in [-0.1, -0.05) is 31.3 Å². The van der Waals surface area contributed by atoms with E-state index >= 15 is 0 Å². The van der Waals surface area contributed by atoms with Crippen LogP contribution in [-0.2, 0) is 0 Å². The van der Waals surface area contributed by atoms with Gasteiger partial charge in [0, 0.05) is 44.3 Å². The normalized spacial score (nSPS) is 27.2. The fraction of sp³-hybridized carbons (Fsp3) is 0.957. The van der Waals surface area contributed by atoms with Crippen molar-refractivity contribution < 1.29 is 31.4 Å². The van der Waals surface area contributed by atoms with E-state index < -0.39 is 0 Å². The summed E-state index contributed by atoms with van der Waals surface area (Å²) >= 11 is 2.05. The summed E-state index contributed by atoms with van der Waals surface area (Å²) in [6.45, 7) is 21.8. The van der Waals surface area contributed by atoms with Crippen LogP contribution in [0, 0.1) is 0 Å². The molecule has 0 radical (unpaired) electrons. The first-order chi connectivity index (χ1) is 24.8. The molecule has 0 aromatic rings. The Morgan fingerprint density at radius 1 is 0.309 bits per heavy atom. The third-order valence-electron chi connectivity index (χ3n) is 13.1. The Kier molecular flexibility index (Phi) is 26.0. The summed E-state index contributed by atoms with van der Waals surface area (Å²) in [4.78, 5) is 0. The smallest absolute Gasteiger partial charge is 0.125 e. The fourth-order valence-electron chi connectivity index (χ4n) is 8.33. The van der Waals surface area contributed by atoms with Gasteiger partial charge in [0.05, 0.1) is 184 Å². The molecule has 0 bridgehead atoms. The van der Waals surface area contributed by atoms with Crippen LogP contribution in [0.2, 0.25) is 0 Å². The van der Waals surface area contributed by atoms with Crippen molar-refractivity contribution in [1.82, 2.24) is 0 Å². The molecule has 7 nitrogen and oxygen atoms in total. The van der Waals surface area contributed by atoms with Gasteiger partial charge >= 0.3 is 0 Å². The van der Waals surface area contributed by atoms with Gasteiger partial charge in [-0.15, -0.1) is 0 Å². The summed E-state index contributed by atoms with van der Waals surface area (Å²) in [5, 5.41) is 0. The molecule has 7 rings (SSSR count). The van der Waals surface area contributed by atoms with Crippen molar-refractivity contribution in [2.45, 2.75) is 104 Å². The van der Waals surface area contributed by atoms with Crippen molar-refractivity contribution in [1.29, 1.82) is 0 Å². The SMILES string of the molecule is C.C=C1CC[N+](C)(C)CC1.C[N+]1(C)CCCC1.C[N+]1(C)CCCC1.C[N+]1(C)CCCCC1.C[N+]1(C)CCCCC1.C[N+]1(C)CCCCC1.C[N+]1(C)CCSC1. The summed E-state index contributed by atoms with van der Waals surface area (Å²) in [5.41, 5.74) is 1.44. The molecule has 0 aromatic carbocycles. The topological polar surface area (TPSA) is 0 Å². The second-order valence-corrected chi connectivity index (χ2v) is 23.9. The zero-order valence-electron chi connectivity index (χ0n) is 40.0. The van der Waals surface area contributed by atoms with E-state index in [4.69, 9.17) is 0 Å². The molecule has 7 saturated heterocycles.